The smallest absolute Gasteiger partial charge is 0.193 e. The van der Waals surface area contributed by atoms with Crippen molar-refractivity contribution < 1.29 is 18.6 Å². The van der Waals surface area contributed by atoms with Crippen molar-refractivity contribution in [1.82, 2.24) is 0 Å². The van der Waals surface area contributed by atoms with E-state index in [1.165, 1.54) is 6.07 Å². The maximum Gasteiger partial charge on any atom is 0.193 e. The normalized spacial score (nSPS) is 10.7. The van der Waals surface area contributed by atoms with Gasteiger partial charge in [0.1, 0.15) is 17.1 Å². The number of rotatable bonds is 7. The Labute approximate surface area is 159 Å². The van der Waals surface area contributed by atoms with E-state index in [0.717, 1.165) is 17.3 Å². The molecular weight excluding hydrogens is 400 g/mol. The lowest BCUT2D eigenvalue weighted by molar-refractivity contribution is 0.319. The first-order valence-electron chi connectivity index (χ1n) is 8.15. The highest BCUT2D eigenvalue weighted by Gasteiger charge is 2.11. The van der Waals surface area contributed by atoms with E-state index in [0.29, 0.717) is 40.6 Å². The van der Waals surface area contributed by atoms with Crippen molar-refractivity contribution in [1.29, 1.82) is 0 Å². The van der Waals surface area contributed by atoms with Gasteiger partial charge in [-0.3, -0.25) is 4.79 Å². The molecule has 6 heteroatoms. The number of hydrogen-bond acceptors (Lipinski definition) is 5. The fourth-order valence-corrected chi connectivity index (χ4v) is 2.83. The van der Waals surface area contributed by atoms with Gasteiger partial charge in [0.25, 0.3) is 0 Å². The second-order valence-electron chi connectivity index (χ2n) is 5.59. The first-order valence-corrected chi connectivity index (χ1v) is 9.27. The lowest BCUT2D eigenvalue weighted by Gasteiger charge is -2.10. The van der Waals surface area contributed by atoms with Crippen molar-refractivity contribution in [3.63, 3.8) is 0 Å². The topological polar surface area (TPSA) is 57.9 Å². The Kier molecular flexibility index (Phi) is 5.83. The summed E-state index contributed by atoms with van der Waals surface area (Å²) in [5, 5.41) is 1.39. The van der Waals surface area contributed by atoms with Crippen LogP contribution in [0.5, 0.6) is 17.2 Å². The van der Waals surface area contributed by atoms with Gasteiger partial charge < -0.3 is 18.6 Å². The molecule has 0 fully saturated rings. The van der Waals surface area contributed by atoms with Gasteiger partial charge in [0.05, 0.1) is 26.2 Å². The van der Waals surface area contributed by atoms with Gasteiger partial charge in [0, 0.05) is 23.0 Å². The molecule has 5 nitrogen and oxygen atoms in total. The summed E-state index contributed by atoms with van der Waals surface area (Å²) < 4.78 is 22.2. The van der Waals surface area contributed by atoms with Crippen molar-refractivity contribution in [3.05, 3.63) is 52.7 Å². The molecule has 0 amide bonds. The van der Waals surface area contributed by atoms with Crippen molar-refractivity contribution in [3.8, 4) is 28.6 Å². The zero-order valence-electron chi connectivity index (χ0n) is 14.6. The Morgan fingerprint density at radius 3 is 2.54 bits per heavy atom. The quantitative estimate of drug-likeness (QED) is 0.413. The lowest BCUT2D eigenvalue weighted by atomic mass is 10.1. The van der Waals surface area contributed by atoms with Crippen LogP contribution in [0.2, 0.25) is 0 Å². The van der Waals surface area contributed by atoms with E-state index in [2.05, 4.69) is 15.9 Å². The van der Waals surface area contributed by atoms with Gasteiger partial charge in [-0.1, -0.05) is 15.9 Å². The second kappa shape index (κ2) is 8.27. The number of alkyl halides is 1. The molecule has 136 valence electrons. The van der Waals surface area contributed by atoms with Gasteiger partial charge in [-0.15, -0.1) is 0 Å². The third-order valence-corrected chi connectivity index (χ3v) is 4.48. The van der Waals surface area contributed by atoms with Crippen LogP contribution < -0.4 is 19.6 Å². The molecule has 1 heterocycles. The summed E-state index contributed by atoms with van der Waals surface area (Å²) >= 11 is 3.37. The molecule has 2 aromatic carbocycles. The maximum atomic E-state index is 12.5. The van der Waals surface area contributed by atoms with Crippen LogP contribution in [0.1, 0.15) is 6.42 Å². The molecule has 0 bridgehead atoms. The van der Waals surface area contributed by atoms with Crippen LogP contribution in [-0.2, 0) is 0 Å². The molecule has 1 aromatic heterocycles. The summed E-state index contributed by atoms with van der Waals surface area (Å²) in [6, 6.07) is 12.1. The molecule has 0 radical (unpaired) electrons. The second-order valence-corrected chi connectivity index (χ2v) is 6.39. The molecule has 0 atom stereocenters. The van der Waals surface area contributed by atoms with E-state index in [9.17, 15) is 4.79 Å². The summed E-state index contributed by atoms with van der Waals surface area (Å²) in [6.45, 7) is 0.594. The molecule has 0 N–H and O–H groups in total. The van der Waals surface area contributed by atoms with Gasteiger partial charge in [0.15, 0.2) is 16.9 Å². The highest BCUT2D eigenvalue weighted by atomic mass is 79.9. The van der Waals surface area contributed by atoms with Crippen LogP contribution in [0.4, 0.5) is 0 Å². The molecular formula is C20H19BrO5. The van der Waals surface area contributed by atoms with Crippen molar-refractivity contribution in [2.45, 2.75) is 6.42 Å². The number of hydrogen-bond donors (Lipinski definition) is 0. The van der Waals surface area contributed by atoms with E-state index in [1.807, 2.05) is 6.07 Å². The molecule has 0 unspecified atom stereocenters. The summed E-state index contributed by atoms with van der Waals surface area (Å²) in [7, 11) is 3.14. The fraction of sp³-hybridized carbons (Fsp3) is 0.250. The molecule has 0 saturated carbocycles. The third kappa shape index (κ3) is 3.85. The average molecular weight is 419 g/mol. The van der Waals surface area contributed by atoms with E-state index in [4.69, 9.17) is 18.6 Å². The Morgan fingerprint density at radius 2 is 1.81 bits per heavy atom. The number of fused-ring (bicyclic) bond motifs is 1. The van der Waals surface area contributed by atoms with Crippen LogP contribution in [0.15, 0.2) is 51.7 Å². The van der Waals surface area contributed by atoms with Gasteiger partial charge in [-0.05, 0) is 36.8 Å². The standard InChI is InChI=1S/C20H19BrO5/c1-23-17-7-4-13(10-20(17)24-2)18-12-16(22)15-6-5-14(11-19(15)26-18)25-9-3-8-21/h4-7,10-12H,3,8-9H2,1-2H3. The third-order valence-electron chi connectivity index (χ3n) is 3.92. The first kappa shape index (κ1) is 18.3. The van der Waals surface area contributed by atoms with Gasteiger partial charge in [0.2, 0.25) is 0 Å². The Hall–Kier alpha value is -2.47. The van der Waals surface area contributed by atoms with Crippen LogP contribution in [-0.4, -0.2) is 26.2 Å². The highest BCUT2D eigenvalue weighted by molar-refractivity contribution is 9.09. The molecule has 0 aliphatic heterocycles. The minimum absolute atomic E-state index is 0.108. The van der Waals surface area contributed by atoms with Crippen molar-refractivity contribution in [2.75, 3.05) is 26.2 Å². The minimum atomic E-state index is -0.108. The zero-order chi connectivity index (χ0) is 18.5. The molecule has 0 spiro atoms. The molecule has 3 rings (SSSR count). The predicted octanol–water partition coefficient (Wildman–Crippen LogP) is 4.64. The van der Waals surface area contributed by atoms with Gasteiger partial charge in [-0.2, -0.15) is 0 Å². The molecule has 26 heavy (non-hydrogen) atoms. The van der Waals surface area contributed by atoms with E-state index >= 15 is 0 Å². The molecule has 0 aliphatic rings. The lowest BCUT2D eigenvalue weighted by Crippen LogP contribution is -2.02. The minimum Gasteiger partial charge on any atom is -0.493 e. The Balaban J connectivity index is 2.02. The first-order chi connectivity index (χ1) is 12.7. The van der Waals surface area contributed by atoms with E-state index in [1.54, 1.807) is 44.6 Å². The summed E-state index contributed by atoms with van der Waals surface area (Å²) in [5.74, 6) is 2.31. The molecule has 0 aliphatic carbocycles. The van der Waals surface area contributed by atoms with Gasteiger partial charge >= 0.3 is 0 Å². The highest BCUT2D eigenvalue weighted by Crippen LogP contribution is 2.33. The van der Waals surface area contributed by atoms with E-state index in [-0.39, 0.29) is 5.43 Å². The largest absolute Gasteiger partial charge is 0.493 e. The van der Waals surface area contributed by atoms with Crippen molar-refractivity contribution >= 4 is 26.9 Å². The van der Waals surface area contributed by atoms with Crippen LogP contribution in [0.3, 0.4) is 0 Å². The summed E-state index contributed by atoms with van der Waals surface area (Å²) in [6.07, 6.45) is 0.896. The number of benzene rings is 2. The SMILES string of the molecule is COc1ccc(-c2cc(=O)c3ccc(OCCCBr)cc3o2)cc1OC. The predicted molar refractivity (Wildman–Crippen MR) is 105 cm³/mol. The fourth-order valence-electron chi connectivity index (χ4n) is 2.60. The zero-order valence-corrected chi connectivity index (χ0v) is 16.2. The Morgan fingerprint density at radius 1 is 1.00 bits per heavy atom. The number of methoxy groups -OCH3 is 2. The van der Waals surface area contributed by atoms with Crippen LogP contribution in [0.25, 0.3) is 22.3 Å². The maximum absolute atomic E-state index is 12.5. The monoisotopic (exact) mass is 418 g/mol. The number of halogens is 1. The van der Waals surface area contributed by atoms with Crippen LogP contribution in [0, 0.1) is 0 Å². The van der Waals surface area contributed by atoms with Crippen molar-refractivity contribution in [2.24, 2.45) is 0 Å². The summed E-state index contributed by atoms with van der Waals surface area (Å²) in [4.78, 5) is 12.5. The van der Waals surface area contributed by atoms with Gasteiger partial charge in [-0.25, -0.2) is 0 Å². The van der Waals surface area contributed by atoms with Crippen LogP contribution >= 0.6 is 15.9 Å². The molecule has 0 saturated heterocycles. The van der Waals surface area contributed by atoms with E-state index < -0.39 is 0 Å². The Bertz CT molecular complexity index is 964. The summed E-state index contributed by atoms with van der Waals surface area (Å²) in [5.41, 5.74) is 1.11. The average Bonchev–Trinajstić information content (AvgIpc) is 2.67. The molecule has 3 aromatic rings. The number of ether oxygens (including phenoxy) is 3.